The van der Waals surface area contributed by atoms with Gasteiger partial charge in [0, 0.05) is 25.0 Å². The van der Waals surface area contributed by atoms with Gasteiger partial charge in [-0.15, -0.1) is 0 Å². The van der Waals surface area contributed by atoms with Crippen molar-refractivity contribution in [2.75, 3.05) is 7.05 Å². The normalized spacial score (nSPS) is 29.4. The molecule has 1 fully saturated rings. The molecule has 2 atom stereocenters. The fraction of sp³-hybridized carbons (Fsp3) is 0.583. The number of nitrogens with one attached hydrogen (secondary N) is 1. The van der Waals surface area contributed by atoms with Crippen molar-refractivity contribution in [2.45, 2.75) is 39.0 Å². The zero-order valence-corrected chi connectivity index (χ0v) is 11.4. The average molecular weight is 263 g/mol. The van der Waals surface area contributed by atoms with Gasteiger partial charge in [0.25, 0.3) is 5.91 Å². The molecule has 1 saturated heterocycles. The molecule has 0 radical (unpaired) electrons. The molecule has 1 N–H and O–H groups in total. The Hall–Kier alpha value is -2.05. The van der Waals surface area contributed by atoms with E-state index in [0.29, 0.717) is 0 Å². The van der Waals surface area contributed by atoms with E-state index in [9.17, 15) is 9.59 Å². The van der Waals surface area contributed by atoms with E-state index in [0.717, 1.165) is 11.7 Å². The van der Waals surface area contributed by atoms with Crippen molar-refractivity contribution in [3.05, 3.63) is 11.9 Å². The van der Waals surface area contributed by atoms with Gasteiger partial charge in [-0.25, -0.2) is 9.79 Å². The lowest BCUT2D eigenvalue weighted by Crippen LogP contribution is -2.62. The lowest BCUT2D eigenvalue weighted by Gasteiger charge is -2.34. The van der Waals surface area contributed by atoms with Crippen LogP contribution in [-0.2, 0) is 4.79 Å². The second-order valence-electron chi connectivity index (χ2n) is 5.33. The number of allylic oxidation sites excluding steroid dienone is 1. The molecule has 7 heteroatoms. The van der Waals surface area contributed by atoms with Crippen LogP contribution in [0.4, 0.5) is 4.79 Å². The maximum absolute atomic E-state index is 12.0. The van der Waals surface area contributed by atoms with Crippen molar-refractivity contribution in [1.82, 2.24) is 20.0 Å². The molecule has 3 rings (SSSR count). The van der Waals surface area contributed by atoms with Crippen LogP contribution in [0, 0.1) is 0 Å². The van der Waals surface area contributed by atoms with Crippen molar-refractivity contribution >= 4 is 17.9 Å². The molecule has 2 unspecified atom stereocenters. The average Bonchev–Trinajstić information content (AvgIpc) is 2.79. The van der Waals surface area contributed by atoms with Gasteiger partial charge in [-0.05, 0) is 20.8 Å². The standard InChI is InChI=1S/C12H17N5O2/c1-6(2)17-7(3)5-16-8-9(13-11(16)17)15(4)12(19)14-10(8)18/h5-6,8-9H,1-4H3,(H,14,18,19). The minimum atomic E-state index is -0.462. The fourth-order valence-electron chi connectivity index (χ4n) is 2.86. The van der Waals surface area contributed by atoms with Crippen molar-refractivity contribution in [2.24, 2.45) is 4.99 Å². The van der Waals surface area contributed by atoms with Gasteiger partial charge in [0.1, 0.15) is 0 Å². The number of fused-ring (bicyclic) bond motifs is 3. The monoisotopic (exact) mass is 263 g/mol. The van der Waals surface area contributed by atoms with Gasteiger partial charge in [-0.1, -0.05) is 0 Å². The first-order valence-corrected chi connectivity index (χ1v) is 6.33. The molecule has 0 aromatic rings. The maximum Gasteiger partial charge on any atom is 0.325 e. The van der Waals surface area contributed by atoms with Gasteiger partial charge in [0.15, 0.2) is 12.2 Å². The minimum absolute atomic E-state index is 0.254. The van der Waals surface area contributed by atoms with Crippen LogP contribution >= 0.6 is 0 Å². The van der Waals surface area contributed by atoms with E-state index < -0.39 is 18.2 Å². The molecule has 0 bridgehead atoms. The third kappa shape index (κ3) is 1.47. The number of amides is 3. The Kier molecular flexibility index (Phi) is 2.35. The van der Waals surface area contributed by atoms with Crippen molar-refractivity contribution in [1.29, 1.82) is 0 Å². The smallest absolute Gasteiger partial charge is 0.312 e. The van der Waals surface area contributed by atoms with E-state index in [1.54, 1.807) is 7.05 Å². The molecular formula is C12H17N5O2. The van der Waals surface area contributed by atoms with E-state index in [2.05, 4.69) is 29.1 Å². The van der Waals surface area contributed by atoms with Gasteiger partial charge < -0.3 is 14.7 Å². The molecule has 0 saturated carbocycles. The molecule has 0 aromatic carbocycles. The number of urea groups is 1. The highest BCUT2D eigenvalue weighted by Crippen LogP contribution is 2.32. The lowest BCUT2D eigenvalue weighted by atomic mass is 10.1. The summed E-state index contributed by atoms with van der Waals surface area (Å²) >= 11 is 0. The lowest BCUT2D eigenvalue weighted by molar-refractivity contribution is -0.126. The number of hydrogen-bond acceptors (Lipinski definition) is 5. The molecule has 0 aliphatic carbocycles. The molecular weight excluding hydrogens is 246 g/mol. The van der Waals surface area contributed by atoms with Gasteiger partial charge in [0.05, 0.1) is 0 Å². The van der Waals surface area contributed by atoms with Gasteiger partial charge in [-0.2, -0.15) is 0 Å². The summed E-state index contributed by atoms with van der Waals surface area (Å²) < 4.78 is 0. The van der Waals surface area contributed by atoms with Crippen molar-refractivity contribution in [3.63, 3.8) is 0 Å². The molecule has 3 amide bonds. The summed E-state index contributed by atoms with van der Waals surface area (Å²) in [5.41, 5.74) is 1.06. The summed E-state index contributed by atoms with van der Waals surface area (Å²) in [6.45, 7) is 6.13. The molecule has 0 aromatic heterocycles. The van der Waals surface area contributed by atoms with Crippen LogP contribution in [0.3, 0.4) is 0 Å². The third-order valence-electron chi connectivity index (χ3n) is 3.71. The quantitative estimate of drug-likeness (QED) is 0.729. The molecule has 7 nitrogen and oxygen atoms in total. The van der Waals surface area contributed by atoms with E-state index in [-0.39, 0.29) is 11.9 Å². The van der Waals surface area contributed by atoms with E-state index in [4.69, 9.17) is 0 Å². The first-order valence-electron chi connectivity index (χ1n) is 6.33. The van der Waals surface area contributed by atoms with Crippen LogP contribution in [0.5, 0.6) is 0 Å². The zero-order valence-electron chi connectivity index (χ0n) is 11.4. The van der Waals surface area contributed by atoms with E-state index in [1.807, 2.05) is 18.0 Å². The summed E-state index contributed by atoms with van der Waals surface area (Å²) in [5, 5.41) is 2.36. The summed E-state index contributed by atoms with van der Waals surface area (Å²) in [7, 11) is 1.65. The summed E-state index contributed by atoms with van der Waals surface area (Å²) in [6.07, 6.45) is 1.48. The molecule has 3 aliphatic heterocycles. The maximum atomic E-state index is 12.0. The molecule has 3 heterocycles. The van der Waals surface area contributed by atoms with Crippen LogP contribution in [0.15, 0.2) is 16.9 Å². The summed E-state index contributed by atoms with van der Waals surface area (Å²) in [4.78, 5) is 33.6. The van der Waals surface area contributed by atoms with Gasteiger partial charge in [0.2, 0.25) is 5.96 Å². The van der Waals surface area contributed by atoms with Gasteiger partial charge >= 0.3 is 6.03 Å². The number of nitrogens with zero attached hydrogens (tertiary/aromatic N) is 4. The van der Waals surface area contributed by atoms with Crippen LogP contribution in [0.25, 0.3) is 0 Å². The number of likely N-dealkylation sites (N-methyl/N-ethyl adjacent to an activating group) is 1. The number of hydrogen-bond donors (Lipinski definition) is 1. The summed E-state index contributed by atoms with van der Waals surface area (Å²) in [6, 6.07) is -0.603. The largest absolute Gasteiger partial charge is 0.325 e. The van der Waals surface area contributed by atoms with Crippen LogP contribution in [0.2, 0.25) is 0 Å². The number of carbonyl (C=O) groups is 2. The highest BCUT2D eigenvalue weighted by atomic mass is 16.2. The topological polar surface area (TPSA) is 68.2 Å². The Bertz CT molecular complexity index is 524. The molecule has 3 aliphatic rings. The molecule has 19 heavy (non-hydrogen) atoms. The van der Waals surface area contributed by atoms with Gasteiger partial charge in [-0.3, -0.25) is 10.1 Å². The Morgan fingerprint density at radius 3 is 2.68 bits per heavy atom. The molecule has 102 valence electrons. The summed E-state index contributed by atoms with van der Waals surface area (Å²) in [5.74, 6) is 0.459. The van der Waals surface area contributed by atoms with E-state index in [1.165, 1.54) is 4.90 Å². The SMILES string of the molecule is CC1=CN2C(=NC3C2C(=O)NC(=O)N3C)N1C(C)C. The number of guanidine groups is 1. The first-order chi connectivity index (χ1) is 8.91. The number of carbonyl (C=O) groups excluding carboxylic acids is 2. The molecule has 0 spiro atoms. The Morgan fingerprint density at radius 1 is 1.37 bits per heavy atom. The predicted octanol–water partition coefficient (Wildman–Crippen LogP) is 0.120. The fourth-order valence-corrected chi connectivity index (χ4v) is 2.86. The van der Waals surface area contributed by atoms with Crippen LogP contribution < -0.4 is 5.32 Å². The second kappa shape index (κ2) is 3.72. The Balaban J connectivity index is 2.01. The highest BCUT2D eigenvalue weighted by molar-refractivity contribution is 6.04. The number of imide groups is 1. The van der Waals surface area contributed by atoms with Crippen molar-refractivity contribution in [3.8, 4) is 0 Å². The minimum Gasteiger partial charge on any atom is -0.312 e. The van der Waals surface area contributed by atoms with Crippen molar-refractivity contribution < 1.29 is 9.59 Å². The van der Waals surface area contributed by atoms with Crippen LogP contribution in [0.1, 0.15) is 20.8 Å². The first kappa shape index (κ1) is 12.0. The Labute approximate surface area is 111 Å². The number of rotatable bonds is 1. The predicted molar refractivity (Wildman–Crippen MR) is 68.9 cm³/mol. The Morgan fingerprint density at radius 2 is 2.05 bits per heavy atom. The number of aliphatic imine (C=N–C) groups is 1. The van der Waals surface area contributed by atoms with E-state index >= 15 is 0 Å². The third-order valence-corrected chi connectivity index (χ3v) is 3.71. The zero-order chi connectivity index (χ0) is 13.9. The van der Waals surface area contributed by atoms with Crippen LogP contribution in [-0.4, -0.2) is 57.9 Å². The highest BCUT2D eigenvalue weighted by Gasteiger charge is 2.51. The second-order valence-corrected chi connectivity index (χ2v) is 5.33.